The first-order valence-corrected chi connectivity index (χ1v) is 5.14. The number of hydrogen-bond donors (Lipinski definition) is 1. The molecule has 1 aromatic carbocycles. The average molecular weight is 281 g/mol. The van der Waals surface area contributed by atoms with E-state index in [1.165, 1.54) is 17.0 Å². The highest BCUT2D eigenvalue weighted by Gasteiger charge is 2.32. The predicted molar refractivity (Wildman–Crippen MR) is 63.6 cm³/mol. The Morgan fingerprint density at radius 1 is 1.22 bits per heavy atom. The van der Waals surface area contributed by atoms with Gasteiger partial charge >= 0.3 is 6.18 Å². The van der Waals surface area contributed by atoms with Gasteiger partial charge in [0.15, 0.2) is 0 Å². The number of hydrogen-bond acceptors (Lipinski definition) is 2. The van der Waals surface area contributed by atoms with Crippen LogP contribution in [0.5, 0.6) is 0 Å². The van der Waals surface area contributed by atoms with Crippen LogP contribution in [0.2, 0.25) is 0 Å². The minimum Gasteiger partial charge on any atom is -0.320 e. The molecule has 18 heavy (non-hydrogen) atoms. The van der Waals surface area contributed by atoms with Gasteiger partial charge in [0.25, 0.3) is 0 Å². The molecule has 0 radical (unpaired) electrons. The summed E-state index contributed by atoms with van der Waals surface area (Å²) in [5, 5.41) is 0. The lowest BCUT2D eigenvalue weighted by Gasteiger charge is -2.16. The van der Waals surface area contributed by atoms with Gasteiger partial charge in [-0.25, -0.2) is 0 Å². The lowest BCUT2D eigenvalue weighted by atomic mass is 10.2. The van der Waals surface area contributed by atoms with Crippen molar-refractivity contribution >= 4 is 24.0 Å². The number of amides is 1. The molecule has 100 valence electrons. The molecule has 0 bridgehead atoms. The van der Waals surface area contributed by atoms with Crippen molar-refractivity contribution < 1.29 is 18.0 Å². The Balaban J connectivity index is 0.00000162. The van der Waals surface area contributed by atoms with E-state index in [9.17, 15) is 18.0 Å². The zero-order valence-electron chi connectivity index (χ0n) is 9.28. The van der Waals surface area contributed by atoms with Gasteiger partial charge in [0, 0.05) is 12.2 Å². The van der Waals surface area contributed by atoms with Crippen LogP contribution >= 0.6 is 12.4 Å². The molecular formula is C11H12ClF3N2O. The predicted octanol–water partition coefficient (Wildman–Crippen LogP) is 2.19. The Bertz CT molecular complexity index is 433. The van der Waals surface area contributed by atoms with Gasteiger partial charge < -0.3 is 10.6 Å². The van der Waals surface area contributed by atoms with Gasteiger partial charge in [0.2, 0.25) is 5.91 Å². The minimum atomic E-state index is -4.36. The molecule has 7 heteroatoms. The SMILES string of the molecule is Cl.NC1CCN(c2ccc(C(F)(F)F)cc2)C1=O. The molecule has 0 saturated carbocycles. The van der Waals surface area contributed by atoms with Gasteiger partial charge in [-0.2, -0.15) is 13.2 Å². The van der Waals surface area contributed by atoms with Crippen molar-refractivity contribution in [3.05, 3.63) is 29.8 Å². The quantitative estimate of drug-likeness (QED) is 0.857. The maximum Gasteiger partial charge on any atom is 0.416 e. The third-order valence-corrected chi connectivity index (χ3v) is 2.75. The Kier molecular flexibility index (Phi) is 4.24. The molecule has 1 unspecified atom stereocenters. The third-order valence-electron chi connectivity index (χ3n) is 2.75. The molecule has 1 heterocycles. The van der Waals surface area contributed by atoms with E-state index in [0.29, 0.717) is 18.7 Å². The highest BCUT2D eigenvalue weighted by Crippen LogP contribution is 2.31. The number of halogens is 4. The van der Waals surface area contributed by atoms with E-state index < -0.39 is 17.8 Å². The van der Waals surface area contributed by atoms with Gasteiger partial charge in [0.1, 0.15) is 0 Å². The van der Waals surface area contributed by atoms with E-state index in [0.717, 1.165) is 12.1 Å². The fraction of sp³-hybridized carbons (Fsp3) is 0.364. The van der Waals surface area contributed by atoms with Gasteiger partial charge in [0.05, 0.1) is 11.6 Å². The second-order valence-electron chi connectivity index (χ2n) is 3.93. The molecule has 1 aromatic rings. The molecular weight excluding hydrogens is 269 g/mol. The van der Waals surface area contributed by atoms with Crippen LogP contribution in [0.3, 0.4) is 0 Å². The summed E-state index contributed by atoms with van der Waals surface area (Å²) < 4.78 is 37.0. The average Bonchev–Trinajstić information content (AvgIpc) is 2.59. The van der Waals surface area contributed by atoms with Gasteiger partial charge in [-0.15, -0.1) is 12.4 Å². The molecule has 1 aliphatic heterocycles. The highest BCUT2D eigenvalue weighted by molar-refractivity contribution is 5.99. The molecule has 1 amide bonds. The molecule has 0 spiro atoms. The Morgan fingerprint density at radius 2 is 1.78 bits per heavy atom. The van der Waals surface area contributed by atoms with Crippen molar-refractivity contribution in [3.8, 4) is 0 Å². The molecule has 0 aliphatic carbocycles. The Hall–Kier alpha value is -1.27. The van der Waals surface area contributed by atoms with Crippen LogP contribution < -0.4 is 10.6 Å². The Morgan fingerprint density at radius 3 is 2.17 bits per heavy atom. The monoisotopic (exact) mass is 280 g/mol. The number of alkyl halides is 3. The third kappa shape index (κ3) is 2.76. The van der Waals surface area contributed by atoms with Crippen molar-refractivity contribution in [1.82, 2.24) is 0 Å². The standard InChI is InChI=1S/C11H11F3N2O.ClH/c12-11(13,14)7-1-3-8(4-2-7)16-6-5-9(15)10(16)17;/h1-4,9H,5-6,15H2;1H. The molecule has 2 rings (SSSR count). The van der Waals surface area contributed by atoms with Crippen molar-refractivity contribution in [3.63, 3.8) is 0 Å². The van der Waals surface area contributed by atoms with Crippen molar-refractivity contribution in [2.45, 2.75) is 18.6 Å². The largest absolute Gasteiger partial charge is 0.416 e. The lowest BCUT2D eigenvalue weighted by molar-refractivity contribution is -0.137. The topological polar surface area (TPSA) is 46.3 Å². The zero-order chi connectivity index (χ0) is 12.6. The second kappa shape index (κ2) is 5.16. The number of rotatable bonds is 1. The molecule has 0 aromatic heterocycles. The number of nitrogens with zero attached hydrogens (tertiary/aromatic N) is 1. The van der Waals surface area contributed by atoms with Crippen molar-refractivity contribution in [1.29, 1.82) is 0 Å². The van der Waals surface area contributed by atoms with Crippen LogP contribution in [0.1, 0.15) is 12.0 Å². The summed E-state index contributed by atoms with van der Waals surface area (Å²) in [5.41, 5.74) is 5.26. The molecule has 1 saturated heterocycles. The second-order valence-corrected chi connectivity index (χ2v) is 3.93. The molecule has 3 nitrogen and oxygen atoms in total. The van der Waals surface area contributed by atoms with Crippen LogP contribution in [-0.2, 0) is 11.0 Å². The molecule has 1 fully saturated rings. The first-order chi connectivity index (χ1) is 7.89. The van der Waals surface area contributed by atoms with Gasteiger partial charge in [-0.05, 0) is 30.7 Å². The summed E-state index contributed by atoms with van der Waals surface area (Å²) in [7, 11) is 0. The first-order valence-electron chi connectivity index (χ1n) is 5.14. The normalized spacial score (nSPS) is 19.9. The van der Waals surface area contributed by atoms with E-state index in [1.807, 2.05) is 0 Å². The van der Waals surface area contributed by atoms with E-state index in [2.05, 4.69) is 0 Å². The van der Waals surface area contributed by atoms with Crippen molar-refractivity contribution in [2.75, 3.05) is 11.4 Å². The molecule has 1 atom stereocenters. The van der Waals surface area contributed by atoms with Gasteiger partial charge in [-0.1, -0.05) is 0 Å². The molecule has 2 N–H and O–H groups in total. The number of anilines is 1. The maximum absolute atomic E-state index is 12.3. The van der Waals surface area contributed by atoms with Crippen molar-refractivity contribution in [2.24, 2.45) is 5.73 Å². The van der Waals surface area contributed by atoms with E-state index in [1.54, 1.807) is 0 Å². The van der Waals surface area contributed by atoms with Crippen LogP contribution in [0.15, 0.2) is 24.3 Å². The van der Waals surface area contributed by atoms with Gasteiger partial charge in [-0.3, -0.25) is 4.79 Å². The number of benzene rings is 1. The maximum atomic E-state index is 12.3. The van der Waals surface area contributed by atoms with E-state index in [4.69, 9.17) is 5.73 Å². The van der Waals surface area contributed by atoms with Crippen LogP contribution in [0.4, 0.5) is 18.9 Å². The van der Waals surface area contributed by atoms with E-state index >= 15 is 0 Å². The lowest BCUT2D eigenvalue weighted by Crippen LogP contribution is -2.33. The molecule has 1 aliphatic rings. The van der Waals surface area contributed by atoms with E-state index in [-0.39, 0.29) is 18.3 Å². The summed E-state index contributed by atoms with van der Waals surface area (Å²) in [5.74, 6) is -0.246. The summed E-state index contributed by atoms with van der Waals surface area (Å²) in [6, 6.07) is 3.97. The van der Waals surface area contributed by atoms with Crippen LogP contribution in [-0.4, -0.2) is 18.5 Å². The Labute approximate surface area is 108 Å². The number of nitrogens with two attached hydrogens (primary N) is 1. The summed E-state index contributed by atoms with van der Waals surface area (Å²) in [6.07, 6.45) is -3.83. The highest BCUT2D eigenvalue weighted by atomic mass is 35.5. The summed E-state index contributed by atoms with van der Waals surface area (Å²) >= 11 is 0. The first kappa shape index (κ1) is 14.8. The van der Waals surface area contributed by atoms with Crippen LogP contribution in [0.25, 0.3) is 0 Å². The number of carbonyl (C=O) groups is 1. The minimum absolute atomic E-state index is 0. The summed E-state index contributed by atoms with van der Waals surface area (Å²) in [6.45, 7) is 0.450. The smallest absolute Gasteiger partial charge is 0.320 e. The van der Waals surface area contributed by atoms with Crippen LogP contribution in [0, 0.1) is 0 Å². The number of carbonyl (C=O) groups excluding carboxylic acids is 1. The summed E-state index contributed by atoms with van der Waals surface area (Å²) in [4.78, 5) is 13.0. The zero-order valence-corrected chi connectivity index (χ0v) is 10.1. The fourth-order valence-electron chi connectivity index (χ4n) is 1.79. The fourth-order valence-corrected chi connectivity index (χ4v) is 1.79.